The molecule has 2 rings (SSSR count). The SMILES string of the molecule is Cc1ccc(-c2noc(C=O)n2)c(Br)c1. The van der Waals surface area contributed by atoms with Crippen LogP contribution in [0.4, 0.5) is 0 Å². The highest BCUT2D eigenvalue weighted by Crippen LogP contribution is 2.26. The summed E-state index contributed by atoms with van der Waals surface area (Å²) in [5.74, 6) is 0.390. The molecule has 0 atom stereocenters. The van der Waals surface area contributed by atoms with Gasteiger partial charge >= 0.3 is 0 Å². The Bertz CT molecular complexity index is 508. The van der Waals surface area contributed by atoms with Gasteiger partial charge < -0.3 is 4.52 Å². The average molecular weight is 267 g/mol. The molecule has 0 aliphatic carbocycles. The fraction of sp³-hybridized carbons (Fsp3) is 0.100. The lowest BCUT2D eigenvalue weighted by Gasteiger charge is -1.99. The molecule has 1 aromatic heterocycles. The summed E-state index contributed by atoms with van der Waals surface area (Å²) in [7, 11) is 0. The van der Waals surface area contributed by atoms with Crippen molar-refractivity contribution in [1.82, 2.24) is 10.1 Å². The summed E-state index contributed by atoms with van der Waals surface area (Å²) in [6.45, 7) is 1.99. The molecule has 0 radical (unpaired) electrons. The average Bonchev–Trinajstić information content (AvgIpc) is 2.66. The van der Waals surface area contributed by atoms with Gasteiger partial charge in [0.25, 0.3) is 5.89 Å². The maximum Gasteiger partial charge on any atom is 0.291 e. The smallest absolute Gasteiger partial charge is 0.291 e. The summed E-state index contributed by atoms with van der Waals surface area (Å²) in [5, 5.41) is 3.70. The number of halogens is 1. The van der Waals surface area contributed by atoms with Gasteiger partial charge in [-0.3, -0.25) is 4.79 Å². The highest BCUT2D eigenvalue weighted by atomic mass is 79.9. The molecule has 5 heteroatoms. The van der Waals surface area contributed by atoms with Crippen molar-refractivity contribution in [3.8, 4) is 11.4 Å². The molecule has 15 heavy (non-hydrogen) atoms. The standard InChI is InChI=1S/C10H7BrN2O2/c1-6-2-3-7(8(11)4-6)10-12-9(5-14)15-13-10/h2-5H,1H3. The summed E-state index contributed by atoms with van der Waals surface area (Å²) in [6.07, 6.45) is 0.526. The zero-order valence-corrected chi connectivity index (χ0v) is 9.48. The minimum absolute atomic E-state index is 0.0162. The highest BCUT2D eigenvalue weighted by Gasteiger charge is 2.10. The van der Waals surface area contributed by atoms with Crippen molar-refractivity contribution in [3.05, 3.63) is 34.1 Å². The molecule has 0 bridgehead atoms. The number of carbonyl (C=O) groups is 1. The van der Waals surface area contributed by atoms with E-state index in [1.807, 2.05) is 25.1 Å². The Morgan fingerprint density at radius 3 is 2.87 bits per heavy atom. The molecule has 0 saturated carbocycles. The van der Waals surface area contributed by atoms with Crippen LogP contribution >= 0.6 is 15.9 Å². The number of rotatable bonds is 2. The van der Waals surface area contributed by atoms with E-state index in [9.17, 15) is 4.79 Å². The third-order valence-electron chi connectivity index (χ3n) is 1.91. The van der Waals surface area contributed by atoms with Gasteiger partial charge in [-0.1, -0.05) is 27.2 Å². The van der Waals surface area contributed by atoms with Crippen molar-refractivity contribution in [2.24, 2.45) is 0 Å². The third-order valence-corrected chi connectivity index (χ3v) is 2.56. The Morgan fingerprint density at radius 1 is 1.47 bits per heavy atom. The number of hydrogen-bond donors (Lipinski definition) is 0. The maximum atomic E-state index is 10.4. The first-order valence-corrected chi connectivity index (χ1v) is 5.05. The molecule has 1 aromatic carbocycles. The molecular weight excluding hydrogens is 260 g/mol. The number of aldehydes is 1. The van der Waals surface area contributed by atoms with Crippen molar-refractivity contribution in [2.75, 3.05) is 0 Å². The molecule has 0 aliphatic heterocycles. The molecule has 0 saturated heterocycles. The van der Waals surface area contributed by atoms with Crippen LogP contribution in [0.15, 0.2) is 27.2 Å². The summed E-state index contributed by atoms with van der Waals surface area (Å²) < 4.78 is 5.58. The van der Waals surface area contributed by atoms with E-state index in [-0.39, 0.29) is 5.89 Å². The van der Waals surface area contributed by atoms with Gasteiger partial charge in [-0.2, -0.15) is 4.98 Å². The number of aryl methyl sites for hydroxylation is 1. The minimum atomic E-state index is -0.0162. The molecule has 1 heterocycles. The van der Waals surface area contributed by atoms with Crippen LogP contribution in [-0.4, -0.2) is 16.4 Å². The maximum absolute atomic E-state index is 10.4. The first-order valence-electron chi connectivity index (χ1n) is 4.26. The van der Waals surface area contributed by atoms with E-state index in [1.54, 1.807) is 0 Å². The van der Waals surface area contributed by atoms with Gasteiger partial charge in [0.15, 0.2) is 0 Å². The fourth-order valence-electron chi connectivity index (χ4n) is 1.19. The van der Waals surface area contributed by atoms with Crippen LogP contribution < -0.4 is 0 Å². The Kier molecular flexibility index (Phi) is 2.64. The van der Waals surface area contributed by atoms with Crippen LogP contribution in [0.1, 0.15) is 16.2 Å². The Hall–Kier alpha value is -1.49. The van der Waals surface area contributed by atoms with Gasteiger partial charge in [0, 0.05) is 10.0 Å². The Labute approximate surface area is 94.4 Å². The third kappa shape index (κ3) is 1.97. The fourth-order valence-corrected chi connectivity index (χ4v) is 1.86. The lowest BCUT2D eigenvalue weighted by molar-refractivity contribution is 0.108. The predicted molar refractivity (Wildman–Crippen MR) is 57.6 cm³/mol. The van der Waals surface area contributed by atoms with Gasteiger partial charge in [0.05, 0.1) is 0 Å². The second kappa shape index (κ2) is 3.94. The summed E-state index contributed by atoms with van der Waals surface area (Å²) in [5.41, 5.74) is 1.93. The highest BCUT2D eigenvalue weighted by molar-refractivity contribution is 9.10. The first-order chi connectivity index (χ1) is 7.20. The van der Waals surface area contributed by atoms with E-state index in [4.69, 9.17) is 4.52 Å². The second-order valence-electron chi connectivity index (χ2n) is 3.06. The van der Waals surface area contributed by atoms with E-state index in [0.717, 1.165) is 15.6 Å². The second-order valence-corrected chi connectivity index (χ2v) is 3.91. The molecule has 0 fully saturated rings. The number of aromatic nitrogens is 2. The molecule has 0 N–H and O–H groups in total. The Morgan fingerprint density at radius 2 is 2.27 bits per heavy atom. The quantitative estimate of drug-likeness (QED) is 0.785. The van der Waals surface area contributed by atoms with Crippen molar-refractivity contribution in [1.29, 1.82) is 0 Å². The van der Waals surface area contributed by atoms with Crippen LogP contribution in [-0.2, 0) is 0 Å². The lowest BCUT2D eigenvalue weighted by Crippen LogP contribution is -1.84. The van der Waals surface area contributed by atoms with Crippen LogP contribution in [0.3, 0.4) is 0 Å². The van der Waals surface area contributed by atoms with Crippen LogP contribution in [0.25, 0.3) is 11.4 Å². The lowest BCUT2D eigenvalue weighted by atomic mass is 10.1. The normalized spacial score (nSPS) is 10.3. The largest absolute Gasteiger partial charge is 0.331 e. The first kappa shape index (κ1) is 10.0. The minimum Gasteiger partial charge on any atom is -0.331 e. The van der Waals surface area contributed by atoms with E-state index in [0.29, 0.717) is 12.1 Å². The topological polar surface area (TPSA) is 56.0 Å². The molecule has 0 spiro atoms. The van der Waals surface area contributed by atoms with Crippen LogP contribution in [0.2, 0.25) is 0 Å². The molecule has 0 amide bonds. The molecule has 0 unspecified atom stereocenters. The molecule has 4 nitrogen and oxygen atoms in total. The predicted octanol–water partition coefficient (Wildman–Crippen LogP) is 2.62. The van der Waals surface area contributed by atoms with E-state index < -0.39 is 0 Å². The van der Waals surface area contributed by atoms with E-state index >= 15 is 0 Å². The van der Waals surface area contributed by atoms with Crippen molar-refractivity contribution < 1.29 is 9.32 Å². The van der Waals surface area contributed by atoms with E-state index in [1.165, 1.54) is 0 Å². The number of benzene rings is 1. The van der Waals surface area contributed by atoms with Gasteiger partial charge in [-0.25, -0.2) is 0 Å². The number of nitrogens with zero attached hydrogens (tertiary/aromatic N) is 2. The van der Waals surface area contributed by atoms with Crippen molar-refractivity contribution in [2.45, 2.75) is 6.92 Å². The molecule has 0 aliphatic rings. The van der Waals surface area contributed by atoms with Crippen molar-refractivity contribution >= 4 is 22.2 Å². The molecule has 76 valence electrons. The van der Waals surface area contributed by atoms with Gasteiger partial charge in [0.1, 0.15) is 0 Å². The zero-order chi connectivity index (χ0) is 10.8. The molecule has 2 aromatic rings. The van der Waals surface area contributed by atoms with Gasteiger partial charge in [0.2, 0.25) is 12.1 Å². The van der Waals surface area contributed by atoms with Crippen LogP contribution in [0, 0.1) is 6.92 Å². The summed E-state index contributed by atoms with van der Waals surface area (Å²) in [6, 6.07) is 5.77. The molecular formula is C10H7BrN2O2. The number of hydrogen-bond acceptors (Lipinski definition) is 4. The zero-order valence-electron chi connectivity index (χ0n) is 7.90. The number of carbonyl (C=O) groups excluding carboxylic acids is 1. The summed E-state index contributed by atoms with van der Waals surface area (Å²) >= 11 is 3.40. The van der Waals surface area contributed by atoms with Crippen molar-refractivity contribution in [3.63, 3.8) is 0 Å². The monoisotopic (exact) mass is 266 g/mol. The van der Waals surface area contributed by atoms with E-state index in [2.05, 4.69) is 26.1 Å². The Balaban J connectivity index is 2.49. The van der Waals surface area contributed by atoms with Crippen LogP contribution in [0.5, 0.6) is 0 Å². The summed E-state index contributed by atoms with van der Waals surface area (Å²) in [4.78, 5) is 14.3. The van der Waals surface area contributed by atoms with Gasteiger partial charge in [-0.05, 0) is 24.6 Å². The van der Waals surface area contributed by atoms with Gasteiger partial charge in [-0.15, -0.1) is 0 Å².